The Hall–Kier alpha value is -3.23. The second-order valence-electron chi connectivity index (χ2n) is 7.08. The second kappa shape index (κ2) is 10.7. The van der Waals surface area contributed by atoms with Gasteiger partial charge in [0, 0.05) is 38.4 Å². The van der Waals surface area contributed by atoms with Crippen LogP contribution in [0, 0.1) is 5.82 Å². The van der Waals surface area contributed by atoms with Gasteiger partial charge in [-0.05, 0) is 42.0 Å². The molecule has 8 heteroatoms. The summed E-state index contributed by atoms with van der Waals surface area (Å²) in [5, 5.41) is 3.19. The molecule has 162 valence electrons. The Balaban J connectivity index is 1.27. The van der Waals surface area contributed by atoms with Crippen LogP contribution in [-0.2, 0) is 11.3 Å². The van der Waals surface area contributed by atoms with Crippen LogP contribution in [0.4, 0.5) is 10.3 Å². The van der Waals surface area contributed by atoms with E-state index < -0.39 is 0 Å². The van der Waals surface area contributed by atoms with Crippen LogP contribution in [0.3, 0.4) is 0 Å². The molecule has 0 bridgehead atoms. The number of anilines is 1. The van der Waals surface area contributed by atoms with Gasteiger partial charge in [-0.2, -0.15) is 4.98 Å². The van der Waals surface area contributed by atoms with Crippen LogP contribution in [-0.4, -0.2) is 54.3 Å². The number of hydrogen-bond acceptors (Lipinski definition) is 7. The molecule has 0 saturated carbocycles. The Bertz CT molecular complexity index is 965. The first-order valence-electron chi connectivity index (χ1n) is 10.3. The molecule has 1 aliphatic heterocycles. The van der Waals surface area contributed by atoms with E-state index in [1.165, 1.54) is 12.1 Å². The van der Waals surface area contributed by atoms with Crippen molar-refractivity contribution < 1.29 is 18.6 Å². The van der Waals surface area contributed by atoms with Crippen molar-refractivity contribution in [2.24, 2.45) is 0 Å². The maximum Gasteiger partial charge on any atom is 0.226 e. The number of nitrogens with zero attached hydrogens (tertiary/aromatic N) is 3. The molecule has 0 aliphatic carbocycles. The average Bonchev–Trinajstić information content (AvgIpc) is 2.81. The predicted octanol–water partition coefficient (Wildman–Crippen LogP) is 3.73. The van der Waals surface area contributed by atoms with Crippen LogP contribution in [0.5, 0.6) is 17.4 Å². The molecule has 0 unspecified atom stereocenters. The summed E-state index contributed by atoms with van der Waals surface area (Å²) < 4.78 is 29.9. The van der Waals surface area contributed by atoms with E-state index in [9.17, 15) is 4.39 Å². The quantitative estimate of drug-likeness (QED) is 0.561. The Morgan fingerprint density at radius 3 is 2.71 bits per heavy atom. The average molecular weight is 424 g/mol. The molecule has 4 rings (SSSR count). The van der Waals surface area contributed by atoms with Gasteiger partial charge in [0.15, 0.2) is 0 Å². The van der Waals surface area contributed by atoms with Crippen LogP contribution in [0.2, 0.25) is 0 Å². The third-order valence-corrected chi connectivity index (χ3v) is 4.80. The van der Waals surface area contributed by atoms with E-state index in [1.807, 2.05) is 24.3 Å². The molecule has 2 heterocycles. The third kappa shape index (κ3) is 6.63. The van der Waals surface area contributed by atoms with Crippen LogP contribution < -0.4 is 14.8 Å². The van der Waals surface area contributed by atoms with Gasteiger partial charge in [0.2, 0.25) is 11.8 Å². The molecule has 0 atom stereocenters. The lowest BCUT2D eigenvalue weighted by Gasteiger charge is -2.26. The first kappa shape index (κ1) is 21.0. The molecule has 2 aromatic carbocycles. The second-order valence-corrected chi connectivity index (χ2v) is 7.08. The van der Waals surface area contributed by atoms with Crippen LogP contribution in [0.25, 0.3) is 0 Å². The van der Waals surface area contributed by atoms with Gasteiger partial charge in [0.25, 0.3) is 0 Å². The molecule has 0 amide bonds. The fourth-order valence-electron chi connectivity index (χ4n) is 3.15. The Labute approximate surface area is 180 Å². The van der Waals surface area contributed by atoms with E-state index in [0.717, 1.165) is 44.2 Å². The van der Waals surface area contributed by atoms with Gasteiger partial charge in [-0.3, -0.25) is 4.90 Å². The summed E-state index contributed by atoms with van der Waals surface area (Å²) >= 11 is 0. The minimum Gasteiger partial charge on any atom is -0.492 e. The zero-order valence-corrected chi connectivity index (χ0v) is 17.2. The Kier molecular flexibility index (Phi) is 7.25. The minimum absolute atomic E-state index is 0.315. The van der Waals surface area contributed by atoms with Crippen molar-refractivity contribution in [3.8, 4) is 17.4 Å². The van der Waals surface area contributed by atoms with E-state index in [4.69, 9.17) is 14.2 Å². The third-order valence-electron chi connectivity index (χ3n) is 4.80. The van der Waals surface area contributed by atoms with E-state index in [1.54, 1.807) is 24.4 Å². The summed E-state index contributed by atoms with van der Waals surface area (Å²) in [5.74, 6) is 1.85. The number of nitrogens with one attached hydrogen (secondary N) is 1. The summed E-state index contributed by atoms with van der Waals surface area (Å²) in [6.07, 6.45) is 1.61. The molecule has 1 aromatic heterocycles. The smallest absolute Gasteiger partial charge is 0.226 e. The maximum atomic E-state index is 13.0. The van der Waals surface area contributed by atoms with Gasteiger partial charge in [-0.15, -0.1) is 0 Å². The Morgan fingerprint density at radius 2 is 1.87 bits per heavy atom. The zero-order chi connectivity index (χ0) is 21.3. The van der Waals surface area contributed by atoms with Crippen molar-refractivity contribution >= 4 is 5.95 Å². The van der Waals surface area contributed by atoms with Gasteiger partial charge < -0.3 is 19.5 Å². The first-order valence-corrected chi connectivity index (χ1v) is 10.3. The molecule has 0 spiro atoms. The number of aromatic nitrogens is 2. The fourth-order valence-corrected chi connectivity index (χ4v) is 3.15. The van der Waals surface area contributed by atoms with E-state index in [0.29, 0.717) is 30.7 Å². The topological polar surface area (TPSA) is 68.7 Å². The molecule has 3 aromatic rings. The summed E-state index contributed by atoms with van der Waals surface area (Å²) in [7, 11) is 0. The number of hydrogen-bond donors (Lipinski definition) is 1. The van der Waals surface area contributed by atoms with Crippen molar-refractivity contribution in [3.63, 3.8) is 0 Å². The maximum absolute atomic E-state index is 13.0. The highest BCUT2D eigenvalue weighted by atomic mass is 19.1. The highest BCUT2D eigenvalue weighted by Gasteiger charge is 2.10. The largest absolute Gasteiger partial charge is 0.492 e. The van der Waals surface area contributed by atoms with Crippen molar-refractivity contribution in [2.75, 3.05) is 44.8 Å². The van der Waals surface area contributed by atoms with Crippen molar-refractivity contribution in [1.29, 1.82) is 0 Å². The normalized spacial score (nSPS) is 14.2. The molecule has 7 nitrogen and oxygen atoms in total. The summed E-state index contributed by atoms with van der Waals surface area (Å²) in [6.45, 7) is 5.57. The summed E-state index contributed by atoms with van der Waals surface area (Å²) in [4.78, 5) is 10.9. The van der Waals surface area contributed by atoms with E-state index in [-0.39, 0.29) is 5.82 Å². The monoisotopic (exact) mass is 424 g/mol. The molecular formula is C23H25FN4O3. The minimum atomic E-state index is -0.315. The Morgan fingerprint density at radius 1 is 1.03 bits per heavy atom. The molecule has 0 radical (unpaired) electrons. The van der Waals surface area contributed by atoms with Gasteiger partial charge in [0.05, 0.1) is 13.2 Å². The number of ether oxygens (including phenoxy) is 3. The summed E-state index contributed by atoms with van der Waals surface area (Å²) in [6, 6.07) is 15.4. The van der Waals surface area contributed by atoms with Crippen molar-refractivity contribution in [2.45, 2.75) is 6.54 Å². The van der Waals surface area contributed by atoms with Gasteiger partial charge in [-0.25, -0.2) is 9.37 Å². The molecular weight excluding hydrogens is 399 g/mol. The van der Waals surface area contributed by atoms with Crippen LogP contribution in [0.15, 0.2) is 60.8 Å². The van der Waals surface area contributed by atoms with Crippen LogP contribution >= 0.6 is 0 Å². The fraction of sp³-hybridized carbons (Fsp3) is 0.304. The van der Waals surface area contributed by atoms with E-state index >= 15 is 0 Å². The van der Waals surface area contributed by atoms with Crippen LogP contribution in [0.1, 0.15) is 5.56 Å². The van der Waals surface area contributed by atoms with Crippen molar-refractivity contribution in [1.82, 2.24) is 14.9 Å². The summed E-state index contributed by atoms with van der Waals surface area (Å²) in [5.41, 5.74) is 1.05. The lowest BCUT2D eigenvalue weighted by molar-refractivity contribution is 0.0322. The van der Waals surface area contributed by atoms with Gasteiger partial charge in [0.1, 0.15) is 23.9 Å². The van der Waals surface area contributed by atoms with Gasteiger partial charge in [-0.1, -0.05) is 12.1 Å². The molecule has 1 N–H and O–H groups in total. The number of halogens is 1. The lowest BCUT2D eigenvalue weighted by Crippen LogP contribution is -2.38. The molecule has 1 fully saturated rings. The van der Waals surface area contributed by atoms with Gasteiger partial charge >= 0.3 is 0 Å². The molecule has 31 heavy (non-hydrogen) atoms. The number of rotatable bonds is 9. The predicted molar refractivity (Wildman–Crippen MR) is 115 cm³/mol. The zero-order valence-electron chi connectivity index (χ0n) is 17.2. The number of morpholine rings is 1. The van der Waals surface area contributed by atoms with E-state index in [2.05, 4.69) is 20.2 Å². The highest BCUT2D eigenvalue weighted by molar-refractivity contribution is 5.34. The first-order chi connectivity index (χ1) is 15.2. The number of benzene rings is 2. The SMILES string of the molecule is Fc1ccc(Oc2ccnc(NCc3cccc(OCCN4CCOCC4)c3)n2)cc1. The lowest BCUT2D eigenvalue weighted by atomic mass is 10.2. The highest BCUT2D eigenvalue weighted by Crippen LogP contribution is 2.20. The van der Waals surface area contributed by atoms with Crippen molar-refractivity contribution in [3.05, 3.63) is 72.2 Å². The molecule has 1 aliphatic rings. The molecule has 1 saturated heterocycles. The standard InChI is InChI=1S/C23H25FN4O3/c24-19-4-6-20(7-5-19)31-22-8-9-25-23(27-22)26-17-18-2-1-3-21(16-18)30-15-12-28-10-13-29-14-11-28/h1-9,16H,10-15,17H2,(H,25,26,27).